The Bertz CT molecular complexity index is 699. The van der Waals surface area contributed by atoms with Gasteiger partial charge in [-0.05, 0) is 24.3 Å². The van der Waals surface area contributed by atoms with E-state index in [4.69, 9.17) is 9.47 Å². The first-order valence-electron chi connectivity index (χ1n) is 5.81. The van der Waals surface area contributed by atoms with Gasteiger partial charge in [-0.15, -0.1) is 0 Å². The number of rotatable bonds is 4. The summed E-state index contributed by atoms with van der Waals surface area (Å²) in [7, 11) is 0. The van der Waals surface area contributed by atoms with Crippen molar-refractivity contribution in [2.24, 2.45) is 0 Å². The van der Waals surface area contributed by atoms with Gasteiger partial charge in [-0.1, -0.05) is 10.2 Å². The molecule has 2 heterocycles. The van der Waals surface area contributed by atoms with Crippen molar-refractivity contribution in [1.82, 2.24) is 20.7 Å². The monoisotopic (exact) mass is 302 g/mol. The van der Waals surface area contributed by atoms with Crippen LogP contribution in [0.4, 0.5) is 0 Å². The smallest absolute Gasteiger partial charge is 0.345 e. The van der Waals surface area contributed by atoms with Crippen LogP contribution >= 0.6 is 0 Å². The van der Waals surface area contributed by atoms with E-state index < -0.39 is 11.9 Å². The number of ether oxygens (including phenoxy) is 2. The lowest BCUT2D eigenvalue weighted by Crippen LogP contribution is -2.11. The molecule has 2 aromatic heterocycles. The molecule has 0 atom stereocenters. The molecule has 3 rings (SSSR count). The molecule has 0 aliphatic heterocycles. The molecule has 0 N–H and O–H groups in total. The Hall–Kier alpha value is -3.56. The van der Waals surface area contributed by atoms with Crippen LogP contribution in [0.5, 0.6) is 11.8 Å². The van der Waals surface area contributed by atoms with Crippen molar-refractivity contribution in [3.8, 4) is 11.8 Å². The normalized spacial score (nSPS) is 10.2. The number of nitrogens with zero attached hydrogens (tertiary/aromatic N) is 4. The van der Waals surface area contributed by atoms with Gasteiger partial charge in [0.25, 0.3) is 11.8 Å². The minimum absolute atomic E-state index is 0.0629. The zero-order chi connectivity index (χ0) is 15.4. The van der Waals surface area contributed by atoms with Gasteiger partial charge < -0.3 is 18.5 Å². The Morgan fingerprint density at radius 2 is 1.18 bits per heavy atom. The summed E-state index contributed by atoms with van der Waals surface area (Å²) in [5.74, 6) is -1.47. The van der Waals surface area contributed by atoms with E-state index >= 15 is 0 Å². The highest BCUT2D eigenvalue weighted by Crippen LogP contribution is 2.12. The summed E-state index contributed by atoms with van der Waals surface area (Å²) in [6.07, 6.45) is 2.16. The SMILES string of the molecule is O=C(Oc1conn1)c1ccc(C(=O)Oc2conn2)cc1. The molecule has 0 amide bonds. The Morgan fingerprint density at radius 3 is 1.50 bits per heavy atom. The van der Waals surface area contributed by atoms with E-state index in [-0.39, 0.29) is 22.9 Å². The Kier molecular flexibility index (Phi) is 3.56. The third kappa shape index (κ3) is 2.95. The van der Waals surface area contributed by atoms with Crippen molar-refractivity contribution in [3.63, 3.8) is 0 Å². The first-order chi connectivity index (χ1) is 10.7. The van der Waals surface area contributed by atoms with Crippen LogP contribution < -0.4 is 9.47 Å². The molecule has 0 radical (unpaired) electrons. The first-order valence-corrected chi connectivity index (χ1v) is 5.81. The van der Waals surface area contributed by atoms with Crippen LogP contribution in [0.3, 0.4) is 0 Å². The number of benzene rings is 1. The molecule has 10 nitrogen and oxygen atoms in total. The lowest BCUT2D eigenvalue weighted by molar-refractivity contribution is 0.0712. The van der Waals surface area contributed by atoms with Crippen molar-refractivity contribution < 1.29 is 28.1 Å². The van der Waals surface area contributed by atoms with E-state index in [1.807, 2.05) is 0 Å². The molecule has 3 aromatic rings. The predicted octanol–water partition coefficient (Wildman–Crippen LogP) is 0.891. The number of carbonyl (C=O) groups is 2. The van der Waals surface area contributed by atoms with Crippen molar-refractivity contribution in [3.05, 3.63) is 47.9 Å². The van der Waals surface area contributed by atoms with Gasteiger partial charge in [-0.2, -0.15) is 0 Å². The molecular weight excluding hydrogens is 296 g/mol. The summed E-state index contributed by atoms with van der Waals surface area (Å²) in [6, 6.07) is 5.59. The average Bonchev–Trinajstić information content (AvgIpc) is 3.21. The highest BCUT2D eigenvalue weighted by atomic mass is 16.6. The van der Waals surface area contributed by atoms with Gasteiger partial charge in [0.1, 0.15) is 0 Å². The number of esters is 2. The number of hydrogen-bond acceptors (Lipinski definition) is 10. The molecule has 0 fully saturated rings. The lowest BCUT2D eigenvalue weighted by atomic mass is 10.1. The third-order valence-corrected chi connectivity index (χ3v) is 2.43. The van der Waals surface area contributed by atoms with Crippen LogP contribution in [0.1, 0.15) is 20.7 Å². The maximum Gasteiger partial charge on any atom is 0.345 e. The van der Waals surface area contributed by atoms with Gasteiger partial charge in [0, 0.05) is 10.5 Å². The molecule has 1 aromatic carbocycles. The molecule has 0 saturated carbocycles. The standard InChI is InChI=1S/C12H6N4O6/c17-11(21-9-5-19-15-13-9)7-1-2-8(4-3-7)12(18)22-10-6-20-16-14-10/h1-6H. The molecular formula is C12H6N4O6. The molecule has 0 bridgehead atoms. The van der Waals surface area contributed by atoms with Crippen LogP contribution in [0.25, 0.3) is 0 Å². The second-order valence-electron chi connectivity index (χ2n) is 3.84. The van der Waals surface area contributed by atoms with Crippen LogP contribution in [0.15, 0.2) is 45.8 Å². The van der Waals surface area contributed by atoms with E-state index in [9.17, 15) is 9.59 Å². The van der Waals surface area contributed by atoms with Gasteiger partial charge in [0.05, 0.1) is 11.1 Å². The zero-order valence-corrected chi connectivity index (χ0v) is 10.7. The minimum atomic E-state index is -0.670. The topological polar surface area (TPSA) is 130 Å². The molecule has 10 heteroatoms. The van der Waals surface area contributed by atoms with E-state index in [1.54, 1.807) is 0 Å². The molecule has 0 unspecified atom stereocenters. The molecule has 0 spiro atoms. The van der Waals surface area contributed by atoms with Gasteiger partial charge in [-0.25, -0.2) is 9.59 Å². The maximum absolute atomic E-state index is 11.8. The second kappa shape index (κ2) is 5.83. The largest absolute Gasteiger partial charge is 0.399 e. The molecule has 0 saturated heterocycles. The third-order valence-electron chi connectivity index (χ3n) is 2.43. The summed E-state index contributed by atoms with van der Waals surface area (Å²) in [4.78, 5) is 23.5. The minimum Gasteiger partial charge on any atom is -0.399 e. The first kappa shape index (κ1) is 13.4. The van der Waals surface area contributed by atoms with Crippen LogP contribution in [-0.2, 0) is 0 Å². The average molecular weight is 302 g/mol. The molecule has 0 aliphatic rings. The quantitative estimate of drug-likeness (QED) is 0.640. The number of hydrogen-bond donors (Lipinski definition) is 0. The zero-order valence-electron chi connectivity index (χ0n) is 10.7. The van der Waals surface area contributed by atoms with Crippen molar-refractivity contribution in [2.45, 2.75) is 0 Å². The van der Waals surface area contributed by atoms with Crippen LogP contribution in [0, 0.1) is 0 Å². The van der Waals surface area contributed by atoms with E-state index in [0.717, 1.165) is 12.5 Å². The van der Waals surface area contributed by atoms with E-state index in [0.29, 0.717) is 0 Å². The summed E-state index contributed by atoms with van der Waals surface area (Å²) in [6.45, 7) is 0. The van der Waals surface area contributed by atoms with Gasteiger partial charge in [0.15, 0.2) is 12.5 Å². The summed E-state index contributed by atoms with van der Waals surface area (Å²) in [5, 5.41) is 13.1. The molecule has 0 aliphatic carbocycles. The maximum atomic E-state index is 11.8. The van der Waals surface area contributed by atoms with Crippen molar-refractivity contribution in [1.29, 1.82) is 0 Å². The Balaban J connectivity index is 1.67. The van der Waals surface area contributed by atoms with Crippen LogP contribution in [0.2, 0.25) is 0 Å². The molecule has 110 valence electrons. The Morgan fingerprint density at radius 1 is 0.773 bits per heavy atom. The highest BCUT2D eigenvalue weighted by Gasteiger charge is 2.14. The van der Waals surface area contributed by atoms with Gasteiger partial charge in [0.2, 0.25) is 0 Å². The van der Waals surface area contributed by atoms with E-state index in [2.05, 4.69) is 29.8 Å². The highest BCUT2D eigenvalue weighted by molar-refractivity contribution is 5.94. The summed E-state index contributed by atoms with van der Waals surface area (Å²) < 4.78 is 18.6. The van der Waals surface area contributed by atoms with Gasteiger partial charge in [-0.3, -0.25) is 0 Å². The van der Waals surface area contributed by atoms with Crippen LogP contribution in [-0.4, -0.2) is 32.7 Å². The van der Waals surface area contributed by atoms with Gasteiger partial charge >= 0.3 is 11.9 Å². The Labute approximate surface area is 121 Å². The van der Waals surface area contributed by atoms with Crippen molar-refractivity contribution >= 4 is 11.9 Å². The summed E-state index contributed by atoms with van der Waals surface area (Å²) in [5.41, 5.74) is 0.422. The number of aromatic nitrogens is 4. The lowest BCUT2D eigenvalue weighted by Gasteiger charge is -2.02. The fourth-order valence-electron chi connectivity index (χ4n) is 1.45. The fraction of sp³-hybridized carbons (Fsp3) is 0. The molecule has 22 heavy (non-hydrogen) atoms. The van der Waals surface area contributed by atoms with E-state index in [1.165, 1.54) is 24.3 Å². The van der Waals surface area contributed by atoms with Crippen molar-refractivity contribution in [2.75, 3.05) is 0 Å². The number of carbonyl (C=O) groups excluding carboxylic acids is 2. The summed E-state index contributed by atoms with van der Waals surface area (Å²) >= 11 is 0. The fourth-order valence-corrected chi connectivity index (χ4v) is 1.45. The predicted molar refractivity (Wildman–Crippen MR) is 65.0 cm³/mol. The second-order valence-corrected chi connectivity index (χ2v) is 3.84.